The molecular formula is C20H24N2O. The van der Waals surface area contributed by atoms with Crippen molar-refractivity contribution < 1.29 is 4.79 Å². The van der Waals surface area contributed by atoms with Crippen LogP contribution in [0.5, 0.6) is 0 Å². The Bertz CT molecular complexity index is 648. The predicted molar refractivity (Wildman–Crippen MR) is 97.6 cm³/mol. The molecule has 120 valence electrons. The van der Waals surface area contributed by atoms with Crippen LogP contribution in [0.1, 0.15) is 29.8 Å². The molecule has 2 rings (SSSR count). The Morgan fingerprint density at radius 3 is 2.61 bits per heavy atom. The molecule has 0 aliphatic rings. The second-order valence-corrected chi connectivity index (χ2v) is 5.88. The number of carbonyl (C=O) groups is 1. The van der Waals surface area contributed by atoms with Gasteiger partial charge in [-0.15, -0.1) is 0 Å². The number of hydrogen-bond donors (Lipinski definition) is 2. The Labute approximate surface area is 138 Å². The van der Waals surface area contributed by atoms with Crippen LogP contribution >= 0.6 is 0 Å². The lowest BCUT2D eigenvalue weighted by Gasteiger charge is -2.09. The molecule has 0 aromatic heterocycles. The van der Waals surface area contributed by atoms with Gasteiger partial charge in [0.25, 0.3) is 5.91 Å². The molecule has 0 radical (unpaired) electrons. The van der Waals surface area contributed by atoms with E-state index in [1.54, 1.807) is 0 Å². The van der Waals surface area contributed by atoms with Crippen molar-refractivity contribution in [3.05, 3.63) is 71.8 Å². The van der Waals surface area contributed by atoms with Crippen LogP contribution in [0.25, 0.3) is 6.08 Å². The lowest BCUT2D eigenvalue weighted by molar-refractivity contribution is 0.0949. The van der Waals surface area contributed by atoms with Gasteiger partial charge in [-0.05, 0) is 29.7 Å². The Kier molecular flexibility index (Phi) is 6.42. The van der Waals surface area contributed by atoms with Crippen molar-refractivity contribution in [1.82, 2.24) is 5.32 Å². The summed E-state index contributed by atoms with van der Waals surface area (Å²) >= 11 is 0. The zero-order valence-electron chi connectivity index (χ0n) is 13.8. The molecule has 3 nitrogen and oxygen atoms in total. The van der Waals surface area contributed by atoms with Crippen LogP contribution in [-0.2, 0) is 0 Å². The van der Waals surface area contributed by atoms with Gasteiger partial charge >= 0.3 is 0 Å². The molecule has 1 amide bonds. The van der Waals surface area contributed by atoms with E-state index in [1.165, 1.54) is 5.56 Å². The van der Waals surface area contributed by atoms with Gasteiger partial charge in [-0.25, -0.2) is 0 Å². The number of nitrogens with one attached hydrogen (secondary N) is 2. The highest BCUT2D eigenvalue weighted by molar-refractivity contribution is 5.95. The second kappa shape index (κ2) is 8.79. The van der Waals surface area contributed by atoms with Crippen LogP contribution in [0, 0.1) is 5.92 Å². The van der Waals surface area contributed by atoms with E-state index in [2.05, 4.69) is 48.8 Å². The van der Waals surface area contributed by atoms with E-state index in [9.17, 15) is 4.79 Å². The van der Waals surface area contributed by atoms with E-state index < -0.39 is 0 Å². The topological polar surface area (TPSA) is 41.1 Å². The third kappa shape index (κ3) is 5.99. The zero-order chi connectivity index (χ0) is 16.5. The number of anilines is 1. The maximum atomic E-state index is 12.1. The average molecular weight is 308 g/mol. The van der Waals surface area contributed by atoms with Crippen LogP contribution in [-0.4, -0.2) is 19.0 Å². The van der Waals surface area contributed by atoms with E-state index in [4.69, 9.17) is 0 Å². The van der Waals surface area contributed by atoms with E-state index in [0.717, 1.165) is 5.69 Å². The molecule has 23 heavy (non-hydrogen) atoms. The Balaban J connectivity index is 1.87. The predicted octanol–water partition coefficient (Wildman–Crippen LogP) is 4.20. The first-order valence-electron chi connectivity index (χ1n) is 7.99. The van der Waals surface area contributed by atoms with Gasteiger partial charge in [-0.3, -0.25) is 4.79 Å². The number of benzene rings is 2. The standard InChI is InChI=1S/C20H24N2O/c1-16(2)15-22-20(23)18-11-6-12-19(14-18)21-13-7-10-17-8-4-3-5-9-17/h3-12,14,16,21H,13,15H2,1-2H3,(H,22,23)/b10-7+. The summed E-state index contributed by atoms with van der Waals surface area (Å²) in [6, 6.07) is 17.8. The van der Waals surface area contributed by atoms with E-state index in [0.29, 0.717) is 24.6 Å². The Hall–Kier alpha value is -2.55. The SMILES string of the molecule is CC(C)CNC(=O)c1cccc(NC/C=C/c2ccccc2)c1. The fourth-order valence-electron chi connectivity index (χ4n) is 2.11. The number of hydrogen-bond acceptors (Lipinski definition) is 2. The summed E-state index contributed by atoms with van der Waals surface area (Å²) in [4.78, 5) is 12.1. The van der Waals surface area contributed by atoms with E-state index in [-0.39, 0.29) is 5.91 Å². The first-order chi connectivity index (χ1) is 11.1. The van der Waals surface area contributed by atoms with Gasteiger partial charge in [-0.1, -0.05) is 62.4 Å². The van der Waals surface area contributed by atoms with Crippen LogP contribution in [0.3, 0.4) is 0 Å². The molecule has 2 aromatic carbocycles. The van der Waals surface area contributed by atoms with Crippen molar-refractivity contribution in [3.8, 4) is 0 Å². The van der Waals surface area contributed by atoms with Crippen molar-refractivity contribution in [1.29, 1.82) is 0 Å². The molecule has 0 aliphatic carbocycles. The minimum atomic E-state index is -0.0258. The quantitative estimate of drug-likeness (QED) is 0.805. The highest BCUT2D eigenvalue weighted by Gasteiger charge is 2.06. The van der Waals surface area contributed by atoms with Crippen LogP contribution in [0.2, 0.25) is 0 Å². The lowest BCUT2D eigenvalue weighted by Crippen LogP contribution is -2.27. The van der Waals surface area contributed by atoms with Gasteiger partial charge in [0.1, 0.15) is 0 Å². The van der Waals surface area contributed by atoms with Crippen molar-refractivity contribution >= 4 is 17.7 Å². The van der Waals surface area contributed by atoms with E-state index in [1.807, 2.05) is 42.5 Å². The fourth-order valence-corrected chi connectivity index (χ4v) is 2.11. The summed E-state index contributed by atoms with van der Waals surface area (Å²) in [7, 11) is 0. The van der Waals surface area contributed by atoms with Crippen LogP contribution in [0.15, 0.2) is 60.7 Å². The van der Waals surface area contributed by atoms with Crippen molar-refractivity contribution in [3.63, 3.8) is 0 Å². The van der Waals surface area contributed by atoms with Crippen molar-refractivity contribution in [2.45, 2.75) is 13.8 Å². The molecular weight excluding hydrogens is 284 g/mol. The summed E-state index contributed by atoms with van der Waals surface area (Å²) in [6.45, 7) is 5.57. The molecule has 0 saturated carbocycles. The molecule has 0 saturated heterocycles. The molecule has 0 unspecified atom stereocenters. The molecule has 0 atom stereocenters. The van der Waals surface area contributed by atoms with Crippen molar-refractivity contribution in [2.24, 2.45) is 5.92 Å². The minimum Gasteiger partial charge on any atom is -0.382 e. The minimum absolute atomic E-state index is 0.0258. The number of amides is 1. The molecule has 3 heteroatoms. The Morgan fingerprint density at radius 2 is 1.87 bits per heavy atom. The summed E-state index contributed by atoms with van der Waals surface area (Å²) in [6.07, 6.45) is 4.15. The zero-order valence-corrected chi connectivity index (χ0v) is 13.8. The fraction of sp³-hybridized carbons (Fsp3) is 0.250. The third-order valence-electron chi connectivity index (χ3n) is 3.33. The highest BCUT2D eigenvalue weighted by Crippen LogP contribution is 2.11. The lowest BCUT2D eigenvalue weighted by atomic mass is 10.1. The van der Waals surface area contributed by atoms with Gasteiger partial charge < -0.3 is 10.6 Å². The summed E-state index contributed by atoms with van der Waals surface area (Å²) in [5.41, 5.74) is 2.80. The number of carbonyl (C=O) groups excluding carboxylic acids is 1. The molecule has 0 aliphatic heterocycles. The maximum Gasteiger partial charge on any atom is 0.251 e. The van der Waals surface area contributed by atoms with Crippen molar-refractivity contribution in [2.75, 3.05) is 18.4 Å². The summed E-state index contributed by atoms with van der Waals surface area (Å²) in [5.74, 6) is 0.422. The van der Waals surface area contributed by atoms with E-state index >= 15 is 0 Å². The normalized spacial score (nSPS) is 10.9. The summed E-state index contributed by atoms with van der Waals surface area (Å²) < 4.78 is 0. The van der Waals surface area contributed by atoms with Gasteiger partial charge in [-0.2, -0.15) is 0 Å². The largest absolute Gasteiger partial charge is 0.382 e. The average Bonchev–Trinajstić information content (AvgIpc) is 2.58. The molecule has 2 aromatic rings. The van der Waals surface area contributed by atoms with Crippen LogP contribution in [0.4, 0.5) is 5.69 Å². The summed E-state index contributed by atoms with van der Waals surface area (Å²) in [5, 5.41) is 6.24. The maximum absolute atomic E-state index is 12.1. The highest BCUT2D eigenvalue weighted by atomic mass is 16.1. The molecule has 0 spiro atoms. The van der Waals surface area contributed by atoms with Gasteiger partial charge in [0, 0.05) is 24.3 Å². The monoisotopic (exact) mass is 308 g/mol. The van der Waals surface area contributed by atoms with Gasteiger partial charge in [0.2, 0.25) is 0 Å². The first kappa shape index (κ1) is 16.8. The molecule has 2 N–H and O–H groups in total. The second-order valence-electron chi connectivity index (χ2n) is 5.88. The first-order valence-corrected chi connectivity index (χ1v) is 7.99. The molecule has 0 bridgehead atoms. The third-order valence-corrected chi connectivity index (χ3v) is 3.33. The van der Waals surface area contributed by atoms with Gasteiger partial charge in [0.05, 0.1) is 0 Å². The smallest absolute Gasteiger partial charge is 0.251 e. The van der Waals surface area contributed by atoms with Gasteiger partial charge in [0.15, 0.2) is 0 Å². The van der Waals surface area contributed by atoms with Crippen LogP contribution < -0.4 is 10.6 Å². The molecule has 0 heterocycles. The molecule has 0 fully saturated rings. The number of rotatable bonds is 7. The Morgan fingerprint density at radius 1 is 1.09 bits per heavy atom.